The molecule has 0 radical (unpaired) electrons. The highest BCUT2D eigenvalue weighted by molar-refractivity contribution is 9.10. The van der Waals surface area contributed by atoms with Crippen molar-refractivity contribution in [2.24, 2.45) is 0 Å². The average Bonchev–Trinajstić information content (AvgIpc) is 2.47. The van der Waals surface area contributed by atoms with E-state index in [1.807, 2.05) is 12.1 Å². The number of rotatable bonds is 3. The SMILES string of the molecule is O=S(=O)(Nc1cccc2c1CNCC2)c1cncc(Br)c1. The van der Waals surface area contributed by atoms with Crippen molar-refractivity contribution in [1.29, 1.82) is 0 Å². The van der Waals surface area contributed by atoms with Gasteiger partial charge in [0.15, 0.2) is 0 Å². The van der Waals surface area contributed by atoms with Crippen LogP contribution in [0, 0.1) is 0 Å². The molecule has 2 heterocycles. The molecule has 0 unspecified atom stereocenters. The van der Waals surface area contributed by atoms with Gasteiger partial charge in [0.2, 0.25) is 0 Å². The standard InChI is InChI=1S/C14H14BrN3O2S/c15-11-6-12(8-17-7-11)21(19,20)18-14-3-1-2-10-4-5-16-9-13(10)14/h1-3,6-8,16,18H,4-5,9H2. The first-order valence-corrected chi connectivity index (χ1v) is 8.79. The molecule has 0 bridgehead atoms. The molecule has 1 aliphatic rings. The lowest BCUT2D eigenvalue weighted by Gasteiger charge is -2.21. The summed E-state index contributed by atoms with van der Waals surface area (Å²) < 4.78 is 28.2. The van der Waals surface area contributed by atoms with Gasteiger partial charge in [-0.05, 0) is 52.2 Å². The number of aromatic nitrogens is 1. The Bertz CT molecular complexity index is 778. The summed E-state index contributed by atoms with van der Waals surface area (Å²) in [6, 6.07) is 7.23. The van der Waals surface area contributed by atoms with E-state index in [2.05, 4.69) is 31.0 Å². The van der Waals surface area contributed by atoms with Crippen LogP contribution in [0.5, 0.6) is 0 Å². The molecule has 0 spiro atoms. The minimum Gasteiger partial charge on any atom is -0.312 e. The Hall–Kier alpha value is -1.44. The zero-order valence-corrected chi connectivity index (χ0v) is 13.5. The third kappa shape index (κ3) is 3.09. The number of hydrogen-bond acceptors (Lipinski definition) is 4. The van der Waals surface area contributed by atoms with Crippen molar-refractivity contribution >= 4 is 31.6 Å². The number of halogens is 1. The Balaban J connectivity index is 1.96. The Kier molecular flexibility index (Phi) is 3.97. The number of sulfonamides is 1. The summed E-state index contributed by atoms with van der Waals surface area (Å²) >= 11 is 3.24. The molecule has 0 amide bonds. The molecule has 0 aliphatic carbocycles. The zero-order chi connectivity index (χ0) is 14.9. The number of hydrogen-bond donors (Lipinski definition) is 2. The fraction of sp³-hybridized carbons (Fsp3) is 0.214. The second-order valence-corrected chi connectivity index (χ2v) is 7.41. The summed E-state index contributed by atoms with van der Waals surface area (Å²) in [4.78, 5) is 4.04. The van der Waals surface area contributed by atoms with Gasteiger partial charge in [-0.25, -0.2) is 8.42 Å². The smallest absolute Gasteiger partial charge is 0.263 e. The second-order valence-electron chi connectivity index (χ2n) is 4.81. The van der Waals surface area contributed by atoms with E-state index in [1.165, 1.54) is 17.8 Å². The molecule has 5 nitrogen and oxygen atoms in total. The molecule has 2 N–H and O–H groups in total. The summed E-state index contributed by atoms with van der Waals surface area (Å²) in [6.07, 6.45) is 3.79. The van der Waals surface area contributed by atoms with Gasteiger partial charge in [-0.3, -0.25) is 9.71 Å². The van der Waals surface area contributed by atoms with Gasteiger partial charge in [0, 0.05) is 23.4 Å². The first kappa shape index (κ1) is 14.5. The minimum atomic E-state index is -3.64. The molecule has 0 saturated carbocycles. The summed E-state index contributed by atoms with van der Waals surface area (Å²) in [5, 5.41) is 3.26. The van der Waals surface area contributed by atoms with Crippen LogP contribution >= 0.6 is 15.9 Å². The van der Waals surface area contributed by atoms with Crippen molar-refractivity contribution in [3.8, 4) is 0 Å². The summed E-state index contributed by atoms with van der Waals surface area (Å²) in [6.45, 7) is 1.59. The normalized spacial score (nSPS) is 14.5. The molecule has 0 saturated heterocycles. The van der Waals surface area contributed by atoms with Gasteiger partial charge in [0.1, 0.15) is 4.90 Å². The predicted octanol–water partition coefficient (Wildman–Crippen LogP) is 2.29. The van der Waals surface area contributed by atoms with Gasteiger partial charge in [-0.15, -0.1) is 0 Å². The van der Waals surface area contributed by atoms with Crippen molar-refractivity contribution in [2.45, 2.75) is 17.9 Å². The number of fused-ring (bicyclic) bond motifs is 1. The maximum absolute atomic E-state index is 12.4. The van der Waals surface area contributed by atoms with Crippen molar-refractivity contribution < 1.29 is 8.42 Å². The fourth-order valence-corrected chi connectivity index (χ4v) is 3.95. The molecule has 1 aromatic carbocycles. The maximum atomic E-state index is 12.4. The molecule has 0 fully saturated rings. The first-order valence-electron chi connectivity index (χ1n) is 6.51. The number of pyridine rings is 1. The Morgan fingerprint density at radius 3 is 2.95 bits per heavy atom. The quantitative estimate of drug-likeness (QED) is 0.872. The Morgan fingerprint density at radius 1 is 1.29 bits per heavy atom. The average molecular weight is 368 g/mol. The molecule has 0 atom stereocenters. The van der Waals surface area contributed by atoms with Crippen LogP contribution in [0.3, 0.4) is 0 Å². The van der Waals surface area contributed by atoms with E-state index in [-0.39, 0.29) is 4.90 Å². The van der Waals surface area contributed by atoms with Crippen LogP contribution in [-0.4, -0.2) is 19.9 Å². The largest absolute Gasteiger partial charge is 0.312 e. The lowest BCUT2D eigenvalue weighted by Crippen LogP contribution is -2.25. The Labute approximate surface area is 132 Å². The van der Waals surface area contributed by atoms with Gasteiger partial charge < -0.3 is 5.32 Å². The van der Waals surface area contributed by atoms with Crippen molar-refractivity contribution in [3.05, 3.63) is 52.3 Å². The van der Waals surface area contributed by atoms with E-state index in [1.54, 1.807) is 12.3 Å². The van der Waals surface area contributed by atoms with Crippen LogP contribution < -0.4 is 10.0 Å². The summed E-state index contributed by atoms with van der Waals surface area (Å²) in [7, 11) is -3.64. The van der Waals surface area contributed by atoms with Crippen molar-refractivity contribution in [1.82, 2.24) is 10.3 Å². The Morgan fingerprint density at radius 2 is 2.14 bits per heavy atom. The summed E-state index contributed by atoms with van der Waals surface area (Å²) in [5.74, 6) is 0. The zero-order valence-electron chi connectivity index (χ0n) is 11.1. The second kappa shape index (κ2) is 5.75. The molecular weight excluding hydrogens is 354 g/mol. The molecule has 2 aromatic rings. The van der Waals surface area contributed by atoms with E-state index < -0.39 is 10.0 Å². The van der Waals surface area contributed by atoms with Gasteiger partial charge in [0.05, 0.1) is 5.69 Å². The van der Waals surface area contributed by atoms with Crippen LogP contribution in [0.15, 0.2) is 46.0 Å². The topological polar surface area (TPSA) is 71.1 Å². The molecule has 7 heteroatoms. The van der Waals surface area contributed by atoms with E-state index in [0.717, 1.165) is 18.5 Å². The number of nitrogens with zero attached hydrogens (tertiary/aromatic N) is 1. The van der Waals surface area contributed by atoms with Gasteiger partial charge >= 0.3 is 0 Å². The van der Waals surface area contributed by atoms with Crippen LogP contribution in [0.1, 0.15) is 11.1 Å². The van der Waals surface area contributed by atoms with Gasteiger partial charge in [0.25, 0.3) is 10.0 Å². The third-order valence-corrected chi connectivity index (χ3v) is 5.15. The monoisotopic (exact) mass is 367 g/mol. The highest BCUT2D eigenvalue weighted by atomic mass is 79.9. The first-order chi connectivity index (χ1) is 10.1. The number of benzene rings is 1. The van der Waals surface area contributed by atoms with E-state index in [0.29, 0.717) is 16.7 Å². The molecule has 21 heavy (non-hydrogen) atoms. The van der Waals surface area contributed by atoms with Crippen LogP contribution in [0.2, 0.25) is 0 Å². The van der Waals surface area contributed by atoms with E-state index >= 15 is 0 Å². The van der Waals surface area contributed by atoms with Crippen LogP contribution in [0.4, 0.5) is 5.69 Å². The third-order valence-electron chi connectivity index (χ3n) is 3.38. The fourth-order valence-electron chi connectivity index (χ4n) is 2.35. The molecule has 3 rings (SSSR count). The lowest BCUT2D eigenvalue weighted by molar-refractivity contribution is 0.600. The van der Waals surface area contributed by atoms with Gasteiger partial charge in [-0.2, -0.15) is 0 Å². The molecule has 110 valence electrons. The van der Waals surface area contributed by atoms with E-state index in [9.17, 15) is 8.42 Å². The summed E-state index contributed by atoms with van der Waals surface area (Å²) in [5.41, 5.74) is 2.82. The van der Waals surface area contributed by atoms with Crippen molar-refractivity contribution in [2.75, 3.05) is 11.3 Å². The number of nitrogens with one attached hydrogen (secondary N) is 2. The minimum absolute atomic E-state index is 0.137. The highest BCUT2D eigenvalue weighted by Gasteiger charge is 2.19. The lowest BCUT2D eigenvalue weighted by atomic mass is 10.00. The van der Waals surface area contributed by atoms with E-state index in [4.69, 9.17) is 0 Å². The van der Waals surface area contributed by atoms with Gasteiger partial charge in [-0.1, -0.05) is 12.1 Å². The highest BCUT2D eigenvalue weighted by Crippen LogP contribution is 2.25. The van der Waals surface area contributed by atoms with Crippen LogP contribution in [-0.2, 0) is 23.0 Å². The van der Waals surface area contributed by atoms with Crippen molar-refractivity contribution in [3.63, 3.8) is 0 Å². The molecule has 1 aromatic heterocycles. The predicted molar refractivity (Wildman–Crippen MR) is 84.6 cm³/mol. The molecular formula is C14H14BrN3O2S. The molecule has 1 aliphatic heterocycles. The maximum Gasteiger partial charge on any atom is 0.263 e. The van der Waals surface area contributed by atoms with Crippen LogP contribution in [0.25, 0.3) is 0 Å². The number of anilines is 1.